The molecular weight excluding hydrogens is 674 g/mol. The van der Waals surface area contributed by atoms with Gasteiger partial charge in [-0.25, -0.2) is 9.59 Å². The number of hydrogen-bond acceptors (Lipinski definition) is 8. The average molecular weight is 699 g/mol. The zero-order valence-corrected chi connectivity index (χ0v) is 25.2. The van der Waals surface area contributed by atoms with E-state index in [1.165, 1.54) is 48.5 Å². The molecule has 0 heterocycles. The molecule has 2 N–H and O–H groups in total. The second kappa shape index (κ2) is 11.5. The van der Waals surface area contributed by atoms with Gasteiger partial charge in [-0.3, -0.25) is 8.37 Å². The molecule has 0 bridgehead atoms. The Morgan fingerprint density at radius 2 is 0.978 bits per heavy atom. The van der Waals surface area contributed by atoms with Crippen molar-refractivity contribution in [3.63, 3.8) is 0 Å². The lowest BCUT2D eigenvalue weighted by molar-refractivity contribution is -0.138. The molecule has 4 rings (SSSR count). The van der Waals surface area contributed by atoms with Crippen molar-refractivity contribution in [2.24, 2.45) is 0 Å². The van der Waals surface area contributed by atoms with Gasteiger partial charge in [-0.1, -0.05) is 62.4 Å². The number of fused-ring (bicyclic) bond motifs is 2. The van der Waals surface area contributed by atoms with E-state index in [-0.39, 0.29) is 22.3 Å². The number of benzene rings is 2. The number of carboxylic acids is 2. The lowest BCUT2D eigenvalue weighted by Gasteiger charge is -2.53. The predicted molar refractivity (Wildman–Crippen MR) is 148 cm³/mol. The van der Waals surface area contributed by atoms with Gasteiger partial charge >= 0.3 is 43.2 Å². The molecule has 2 aliphatic rings. The topological polar surface area (TPSA) is 161 Å². The van der Waals surface area contributed by atoms with Crippen LogP contribution in [0.5, 0.6) is 0 Å². The van der Waals surface area contributed by atoms with Gasteiger partial charge in [0.05, 0.1) is 11.1 Å². The molecule has 0 saturated carbocycles. The van der Waals surface area contributed by atoms with E-state index in [4.69, 9.17) is 8.37 Å². The monoisotopic (exact) mass is 698 g/mol. The van der Waals surface area contributed by atoms with Gasteiger partial charge in [-0.2, -0.15) is 43.2 Å². The van der Waals surface area contributed by atoms with Crippen LogP contribution in [0.15, 0.2) is 59.7 Å². The molecule has 0 saturated heterocycles. The van der Waals surface area contributed by atoms with Crippen LogP contribution in [0.4, 0.5) is 26.3 Å². The number of hydrogen-bond donors (Lipinski definition) is 2. The minimum absolute atomic E-state index is 0.0606. The highest BCUT2D eigenvalue weighted by molar-refractivity contribution is 7.87. The van der Waals surface area contributed by atoms with E-state index in [9.17, 15) is 63.0 Å². The number of carboxylic acid groups (broad SMARTS) is 2. The van der Waals surface area contributed by atoms with Crippen LogP contribution in [0.3, 0.4) is 0 Å². The highest BCUT2D eigenvalue weighted by Crippen LogP contribution is 2.62. The largest absolute Gasteiger partial charge is 0.523 e. The van der Waals surface area contributed by atoms with E-state index in [1.807, 2.05) is 0 Å². The quantitative estimate of drug-likeness (QED) is 0.193. The van der Waals surface area contributed by atoms with Crippen molar-refractivity contribution in [3.05, 3.63) is 81.9 Å². The Balaban J connectivity index is 2.26. The number of rotatable bonds is 9. The van der Waals surface area contributed by atoms with Crippen molar-refractivity contribution in [1.29, 1.82) is 0 Å². The summed E-state index contributed by atoms with van der Waals surface area (Å²) in [5.41, 5.74) is -21.2. The summed E-state index contributed by atoms with van der Waals surface area (Å²) in [7, 11) is -13.4. The molecule has 0 radical (unpaired) electrons. The zero-order chi connectivity index (χ0) is 34.7. The van der Waals surface area contributed by atoms with Crippen LogP contribution >= 0.6 is 0 Å². The molecule has 18 heteroatoms. The van der Waals surface area contributed by atoms with E-state index in [0.717, 1.165) is 26.0 Å². The highest BCUT2D eigenvalue weighted by Gasteiger charge is 2.66. The molecule has 4 unspecified atom stereocenters. The van der Waals surface area contributed by atoms with Crippen LogP contribution in [0.1, 0.15) is 60.8 Å². The van der Waals surface area contributed by atoms with Crippen LogP contribution in [0, 0.1) is 0 Å². The van der Waals surface area contributed by atoms with Crippen molar-refractivity contribution in [2.75, 3.05) is 0 Å². The van der Waals surface area contributed by atoms with Crippen molar-refractivity contribution < 1.29 is 71.3 Å². The number of carbonyl (C=O) groups is 2. The SMILES string of the molecule is CCC1(OS(=O)(=O)C(F)(F)F)C(C(=O)O)=Cc2ccccc2C1C1c2ccccc2C=C(C(=O)O)C1(CC)OS(=O)(=O)C(F)(F)F. The number of halogens is 6. The average Bonchev–Trinajstić information content (AvgIpc) is 2.95. The van der Waals surface area contributed by atoms with E-state index < -0.39 is 90.2 Å². The van der Waals surface area contributed by atoms with Gasteiger partial charge in [0.1, 0.15) is 11.2 Å². The minimum Gasteiger partial charge on any atom is -0.478 e. The van der Waals surface area contributed by atoms with Gasteiger partial charge in [0.25, 0.3) is 0 Å². The molecule has 0 spiro atoms. The minimum atomic E-state index is -6.69. The van der Waals surface area contributed by atoms with E-state index >= 15 is 0 Å². The van der Waals surface area contributed by atoms with Gasteiger partial charge in [-0.15, -0.1) is 0 Å². The molecule has 46 heavy (non-hydrogen) atoms. The van der Waals surface area contributed by atoms with Crippen LogP contribution in [0.2, 0.25) is 0 Å². The van der Waals surface area contributed by atoms with Crippen LogP contribution in [0.25, 0.3) is 12.2 Å². The Morgan fingerprint density at radius 3 is 1.24 bits per heavy atom. The predicted octanol–water partition coefficient (Wildman–Crippen LogP) is 5.55. The van der Waals surface area contributed by atoms with Crippen molar-refractivity contribution >= 4 is 44.3 Å². The zero-order valence-electron chi connectivity index (χ0n) is 23.6. The molecule has 2 aliphatic carbocycles. The maximum absolute atomic E-state index is 13.9. The third-order valence-corrected chi connectivity index (χ3v) is 10.3. The lowest BCUT2D eigenvalue weighted by atomic mass is 9.56. The number of alkyl halides is 6. The smallest absolute Gasteiger partial charge is 0.478 e. The normalized spacial score (nSPS) is 25.1. The van der Waals surface area contributed by atoms with Crippen LogP contribution in [-0.2, 0) is 38.2 Å². The summed E-state index contributed by atoms with van der Waals surface area (Å²) >= 11 is 0. The molecule has 10 nitrogen and oxygen atoms in total. The summed E-state index contributed by atoms with van der Waals surface area (Å²) in [4.78, 5) is 25.4. The third kappa shape index (κ3) is 5.50. The molecule has 0 amide bonds. The summed E-state index contributed by atoms with van der Waals surface area (Å²) in [5, 5.41) is 20.5. The van der Waals surface area contributed by atoms with Gasteiger partial charge in [0.15, 0.2) is 0 Å². The molecule has 250 valence electrons. The lowest BCUT2D eigenvalue weighted by Crippen LogP contribution is -2.57. The molecular formula is C28H24F6O10S2. The van der Waals surface area contributed by atoms with E-state index in [1.54, 1.807) is 0 Å². The Hall–Kier alpha value is -3.74. The molecule has 0 fully saturated rings. The molecule has 2 aromatic carbocycles. The Bertz CT molecular complexity index is 1730. The fourth-order valence-corrected chi connectivity index (χ4v) is 7.84. The Kier molecular flexibility index (Phi) is 8.78. The van der Waals surface area contributed by atoms with Crippen LogP contribution < -0.4 is 0 Å². The fourth-order valence-electron chi connectivity index (χ4n) is 6.25. The van der Waals surface area contributed by atoms with Gasteiger partial charge in [-0.05, 0) is 47.2 Å². The Labute approximate surface area is 258 Å². The maximum atomic E-state index is 13.9. The van der Waals surface area contributed by atoms with E-state index in [2.05, 4.69) is 0 Å². The molecule has 0 aromatic heterocycles. The third-order valence-electron chi connectivity index (χ3n) is 8.11. The molecule has 4 atom stereocenters. The van der Waals surface area contributed by atoms with Crippen LogP contribution in [-0.4, -0.2) is 61.2 Å². The summed E-state index contributed by atoms with van der Waals surface area (Å²) in [6.07, 6.45) is -0.160. The summed E-state index contributed by atoms with van der Waals surface area (Å²) in [5.74, 6) is -8.23. The van der Waals surface area contributed by atoms with Crippen molar-refractivity contribution in [3.8, 4) is 0 Å². The van der Waals surface area contributed by atoms with Gasteiger partial charge < -0.3 is 10.2 Å². The summed E-state index contributed by atoms with van der Waals surface area (Å²) in [6, 6.07) is 10.3. The second-order valence-corrected chi connectivity index (χ2v) is 13.5. The summed E-state index contributed by atoms with van der Waals surface area (Å²) < 4.78 is 143. The van der Waals surface area contributed by atoms with Gasteiger partial charge in [0.2, 0.25) is 0 Å². The first-order valence-corrected chi connectivity index (χ1v) is 16.0. The summed E-state index contributed by atoms with van der Waals surface area (Å²) in [6.45, 7) is 2.10. The first-order chi connectivity index (χ1) is 21.1. The highest BCUT2D eigenvalue weighted by atomic mass is 32.2. The second-order valence-electron chi connectivity index (χ2n) is 10.4. The maximum Gasteiger partial charge on any atom is 0.523 e. The number of aliphatic carboxylic acids is 2. The van der Waals surface area contributed by atoms with E-state index in [0.29, 0.717) is 0 Å². The first kappa shape index (κ1) is 35.1. The Morgan fingerprint density at radius 1 is 0.674 bits per heavy atom. The van der Waals surface area contributed by atoms with Crippen molar-refractivity contribution in [1.82, 2.24) is 0 Å². The van der Waals surface area contributed by atoms with Gasteiger partial charge in [0, 0.05) is 11.8 Å². The molecule has 0 aliphatic heterocycles. The van der Waals surface area contributed by atoms with Crippen molar-refractivity contribution in [2.45, 2.75) is 60.7 Å². The molecule has 2 aromatic rings. The first-order valence-electron chi connectivity index (χ1n) is 13.2. The fraction of sp³-hybridized carbons (Fsp3) is 0.357. The standard InChI is InChI=1S/C28H24F6O10S2/c1-3-25(43-45(39,40)27(29,30)31)19(23(35)36)13-15-9-5-7-11-17(15)21(25)22-18-12-8-6-10-16(18)14-20(24(37)38)26(22,4-2)44-46(41,42)28(32,33)34/h5-14,21-22H,3-4H2,1-2H3,(H,35,36)(H,37,38).